The molecule has 0 bridgehead atoms. The van der Waals surface area contributed by atoms with Crippen LogP contribution in [0.2, 0.25) is 0 Å². The molecule has 5 heteroatoms. The first-order valence-electron chi connectivity index (χ1n) is 6.08. The molecule has 1 aromatic heterocycles. The second kappa shape index (κ2) is 6.39. The molecule has 0 radical (unpaired) electrons. The maximum absolute atomic E-state index is 11.8. The van der Waals surface area contributed by atoms with Crippen molar-refractivity contribution >= 4 is 5.91 Å². The van der Waals surface area contributed by atoms with Crippen molar-refractivity contribution in [2.24, 2.45) is 11.7 Å². The Morgan fingerprint density at radius 3 is 2.82 bits per heavy atom. The minimum atomic E-state index is -0.177. The lowest BCUT2D eigenvalue weighted by atomic mass is 10.0. The van der Waals surface area contributed by atoms with Crippen LogP contribution in [0.15, 0.2) is 12.5 Å². The summed E-state index contributed by atoms with van der Waals surface area (Å²) in [5, 5.41) is 2.81. The summed E-state index contributed by atoms with van der Waals surface area (Å²) < 4.78 is 2.07. The lowest BCUT2D eigenvalue weighted by molar-refractivity contribution is -0.124. The van der Waals surface area contributed by atoms with Gasteiger partial charge in [0.05, 0.1) is 12.2 Å². The average Bonchev–Trinajstić information content (AvgIpc) is 2.74. The van der Waals surface area contributed by atoms with Gasteiger partial charge in [-0.1, -0.05) is 0 Å². The third-order valence-corrected chi connectivity index (χ3v) is 2.76. The molecular weight excluding hydrogens is 216 g/mol. The van der Waals surface area contributed by atoms with Crippen LogP contribution in [0.1, 0.15) is 32.5 Å². The highest BCUT2D eigenvalue weighted by Crippen LogP contribution is 2.13. The maximum atomic E-state index is 11.8. The molecule has 1 rings (SSSR count). The van der Waals surface area contributed by atoms with Gasteiger partial charge in [0.2, 0.25) is 5.91 Å². The molecule has 1 heterocycles. The van der Waals surface area contributed by atoms with Crippen LogP contribution in [0, 0.1) is 5.92 Å². The zero-order valence-corrected chi connectivity index (χ0v) is 10.8. The van der Waals surface area contributed by atoms with Gasteiger partial charge >= 0.3 is 0 Å². The summed E-state index contributed by atoms with van der Waals surface area (Å²) in [7, 11) is 0. The Balaban J connectivity index is 2.73. The first-order chi connectivity index (χ1) is 8.10. The van der Waals surface area contributed by atoms with Gasteiger partial charge in [0.15, 0.2) is 0 Å². The normalized spacial score (nSPS) is 12.8. The van der Waals surface area contributed by atoms with E-state index in [9.17, 15) is 4.79 Å². The summed E-state index contributed by atoms with van der Waals surface area (Å²) in [6.07, 6.45) is 4.24. The zero-order valence-electron chi connectivity index (χ0n) is 10.8. The van der Waals surface area contributed by atoms with Gasteiger partial charge in [0.25, 0.3) is 0 Å². The molecule has 0 saturated carbocycles. The van der Waals surface area contributed by atoms with Crippen molar-refractivity contribution in [3.8, 4) is 0 Å². The molecule has 0 aliphatic heterocycles. The number of aromatic nitrogens is 2. The monoisotopic (exact) mass is 238 g/mol. The third-order valence-electron chi connectivity index (χ3n) is 2.76. The highest BCUT2D eigenvalue weighted by molar-refractivity contribution is 5.79. The Kier molecular flexibility index (Phi) is 5.15. The number of imidazole rings is 1. The standard InChI is InChI=1S/C12H22N4O/c1-4-15-12(17)10(6-13)5-11-7-14-8-16(11)9(2)3/h7-10H,4-6,13H2,1-3H3,(H,15,17). The van der Waals surface area contributed by atoms with Crippen LogP contribution in [0.5, 0.6) is 0 Å². The number of carbonyl (C=O) groups excluding carboxylic acids is 1. The maximum Gasteiger partial charge on any atom is 0.224 e. The molecule has 0 aromatic carbocycles. The predicted molar refractivity (Wildman–Crippen MR) is 67.5 cm³/mol. The van der Waals surface area contributed by atoms with Crippen molar-refractivity contribution in [1.29, 1.82) is 0 Å². The fraction of sp³-hybridized carbons (Fsp3) is 0.667. The Labute approximate surface area is 102 Å². The number of nitrogens with zero attached hydrogens (tertiary/aromatic N) is 2. The quantitative estimate of drug-likeness (QED) is 0.767. The van der Waals surface area contributed by atoms with E-state index in [-0.39, 0.29) is 11.8 Å². The zero-order chi connectivity index (χ0) is 12.8. The summed E-state index contributed by atoms with van der Waals surface area (Å²) >= 11 is 0. The minimum absolute atomic E-state index is 0.0199. The number of amides is 1. The summed E-state index contributed by atoms with van der Waals surface area (Å²) in [5.74, 6) is -0.157. The second-order valence-electron chi connectivity index (χ2n) is 4.42. The number of rotatable bonds is 6. The Bertz CT molecular complexity index is 359. The van der Waals surface area contributed by atoms with E-state index in [1.54, 1.807) is 6.33 Å². The van der Waals surface area contributed by atoms with Gasteiger partial charge in [-0.3, -0.25) is 4.79 Å². The first-order valence-corrected chi connectivity index (χ1v) is 6.08. The summed E-state index contributed by atoms with van der Waals surface area (Å²) in [6.45, 7) is 7.08. The van der Waals surface area contributed by atoms with Crippen molar-refractivity contribution in [3.63, 3.8) is 0 Å². The number of nitrogens with two attached hydrogens (primary N) is 1. The molecule has 1 atom stereocenters. The number of hydrogen-bond acceptors (Lipinski definition) is 3. The average molecular weight is 238 g/mol. The van der Waals surface area contributed by atoms with E-state index >= 15 is 0 Å². The molecule has 17 heavy (non-hydrogen) atoms. The molecule has 3 N–H and O–H groups in total. The van der Waals surface area contributed by atoms with Crippen LogP contribution >= 0.6 is 0 Å². The van der Waals surface area contributed by atoms with E-state index in [4.69, 9.17) is 5.73 Å². The van der Waals surface area contributed by atoms with E-state index in [1.165, 1.54) is 0 Å². The van der Waals surface area contributed by atoms with Crippen LogP contribution in [-0.2, 0) is 11.2 Å². The van der Waals surface area contributed by atoms with E-state index in [2.05, 4.69) is 28.7 Å². The number of hydrogen-bond donors (Lipinski definition) is 2. The molecule has 0 saturated heterocycles. The number of carbonyl (C=O) groups is 1. The fourth-order valence-electron chi connectivity index (χ4n) is 1.81. The van der Waals surface area contributed by atoms with Gasteiger partial charge in [-0.25, -0.2) is 4.98 Å². The Morgan fingerprint density at radius 1 is 1.59 bits per heavy atom. The lowest BCUT2D eigenvalue weighted by Crippen LogP contribution is -2.36. The highest BCUT2D eigenvalue weighted by Gasteiger charge is 2.19. The van der Waals surface area contributed by atoms with Crippen molar-refractivity contribution < 1.29 is 4.79 Å². The SMILES string of the molecule is CCNC(=O)C(CN)Cc1cncn1C(C)C. The van der Waals surface area contributed by atoms with Crippen molar-refractivity contribution in [3.05, 3.63) is 18.2 Å². The van der Waals surface area contributed by atoms with Crippen molar-refractivity contribution in [2.45, 2.75) is 33.2 Å². The molecule has 1 unspecified atom stereocenters. The molecule has 1 amide bonds. The van der Waals surface area contributed by atoms with Gasteiger partial charge < -0.3 is 15.6 Å². The minimum Gasteiger partial charge on any atom is -0.356 e. The van der Waals surface area contributed by atoms with E-state index < -0.39 is 0 Å². The molecule has 96 valence electrons. The molecule has 0 aliphatic carbocycles. The summed E-state index contributed by atoms with van der Waals surface area (Å²) in [4.78, 5) is 15.9. The van der Waals surface area contributed by atoms with E-state index in [1.807, 2.05) is 13.1 Å². The van der Waals surface area contributed by atoms with Crippen LogP contribution in [0.4, 0.5) is 0 Å². The van der Waals surface area contributed by atoms with Crippen LogP contribution in [0.3, 0.4) is 0 Å². The highest BCUT2D eigenvalue weighted by atomic mass is 16.1. The van der Waals surface area contributed by atoms with E-state index in [0.29, 0.717) is 25.6 Å². The van der Waals surface area contributed by atoms with Gasteiger partial charge in [-0.05, 0) is 20.8 Å². The van der Waals surface area contributed by atoms with Crippen molar-refractivity contribution in [2.75, 3.05) is 13.1 Å². The molecular formula is C12H22N4O. The van der Waals surface area contributed by atoms with Crippen LogP contribution in [-0.4, -0.2) is 28.5 Å². The third kappa shape index (κ3) is 3.56. The molecule has 0 spiro atoms. The Morgan fingerprint density at radius 2 is 2.29 bits per heavy atom. The summed E-state index contributed by atoms with van der Waals surface area (Å²) in [6, 6.07) is 0.347. The Hall–Kier alpha value is -1.36. The van der Waals surface area contributed by atoms with Gasteiger partial charge in [-0.15, -0.1) is 0 Å². The first kappa shape index (κ1) is 13.7. The molecule has 0 fully saturated rings. The number of nitrogens with one attached hydrogen (secondary N) is 1. The topological polar surface area (TPSA) is 72.9 Å². The van der Waals surface area contributed by atoms with Crippen molar-refractivity contribution in [1.82, 2.24) is 14.9 Å². The molecule has 1 aromatic rings. The smallest absolute Gasteiger partial charge is 0.224 e. The predicted octanol–water partition coefficient (Wildman–Crippen LogP) is 0.718. The fourth-order valence-corrected chi connectivity index (χ4v) is 1.81. The van der Waals surface area contributed by atoms with Crippen LogP contribution in [0.25, 0.3) is 0 Å². The van der Waals surface area contributed by atoms with Gasteiger partial charge in [0.1, 0.15) is 0 Å². The largest absolute Gasteiger partial charge is 0.356 e. The summed E-state index contributed by atoms with van der Waals surface area (Å²) in [5.41, 5.74) is 6.71. The molecule has 0 aliphatic rings. The van der Waals surface area contributed by atoms with Gasteiger partial charge in [0, 0.05) is 37.4 Å². The van der Waals surface area contributed by atoms with E-state index in [0.717, 1.165) is 5.69 Å². The lowest BCUT2D eigenvalue weighted by Gasteiger charge is -2.17. The van der Waals surface area contributed by atoms with Crippen LogP contribution < -0.4 is 11.1 Å². The second-order valence-corrected chi connectivity index (χ2v) is 4.42. The molecule has 5 nitrogen and oxygen atoms in total. The van der Waals surface area contributed by atoms with Gasteiger partial charge in [-0.2, -0.15) is 0 Å².